The number of anilines is 2. The maximum absolute atomic E-state index is 13.5. The van der Waals surface area contributed by atoms with Gasteiger partial charge in [0.05, 0.1) is 17.1 Å². The molecule has 1 aliphatic rings. The lowest BCUT2D eigenvalue weighted by molar-refractivity contribution is -0.384. The van der Waals surface area contributed by atoms with Gasteiger partial charge < -0.3 is 15.4 Å². The van der Waals surface area contributed by atoms with Gasteiger partial charge in [-0.05, 0) is 67.9 Å². The molecule has 0 spiro atoms. The number of allylic oxidation sites excluding steroid dienone is 1. The fraction of sp³-hybridized carbons (Fsp3) is 0.148. The van der Waals surface area contributed by atoms with Gasteiger partial charge in [-0.1, -0.05) is 18.2 Å². The molecule has 0 fully saturated rings. The highest BCUT2D eigenvalue weighted by Gasteiger charge is 2.34. The molecule has 1 atom stereocenters. The van der Waals surface area contributed by atoms with E-state index in [0.717, 1.165) is 11.3 Å². The van der Waals surface area contributed by atoms with Crippen LogP contribution in [-0.2, 0) is 4.79 Å². The van der Waals surface area contributed by atoms with Crippen molar-refractivity contribution in [3.8, 4) is 17.1 Å². The van der Waals surface area contributed by atoms with Gasteiger partial charge in [-0.15, -0.1) is 5.10 Å². The number of nitro benzene ring substituents is 1. The Balaban J connectivity index is 1.57. The molecule has 10 heteroatoms. The Bertz CT molecular complexity index is 1480. The number of para-hydroxylation sites is 1. The third-order valence-electron chi connectivity index (χ3n) is 5.97. The summed E-state index contributed by atoms with van der Waals surface area (Å²) in [7, 11) is 0. The number of rotatable bonds is 7. The molecule has 0 saturated heterocycles. The van der Waals surface area contributed by atoms with E-state index in [2.05, 4.69) is 15.6 Å². The molecule has 0 radical (unpaired) electrons. The molecule has 2 heterocycles. The van der Waals surface area contributed by atoms with Crippen molar-refractivity contribution >= 4 is 23.2 Å². The van der Waals surface area contributed by atoms with Crippen molar-refractivity contribution in [2.75, 3.05) is 17.2 Å². The quantitative estimate of drug-likeness (QED) is 0.267. The molecule has 0 saturated carbocycles. The standard InChI is InChI=1S/C27H24N6O4/c1-3-37-22-15-11-19(12-16-22)25-30-27-28-17(2)23(26(34)29-20-7-5-4-6-8-20)24(32(27)31-25)18-9-13-21(14-10-18)33(35)36/h4-16,24H,3H2,1-2H3,(H,29,34)(H,28,30,31). The molecule has 10 nitrogen and oxygen atoms in total. The van der Waals surface area contributed by atoms with Crippen LogP contribution in [0.5, 0.6) is 5.75 Å². The van der Waals surface area contributed by atoms with Gasteiger partial charge in [0.1, 0.15) is 11.8 Å². The third kappa shape index (κ3) is 4.76. The number of aromatic nitrogens is 3. The Labute approximate surface area is 212 Å². The number of carbonyl (C=O) groups excluding carboxylic acids is 1. The summed E-state index contributed by atoms with van der Waals surface area (Å²) in [6, 6.07) is 22.0. The van der Waals surface area contributed by atoms with Gasteiger partial charge in [-0.3, -0.25) is 14.9 Å². The van der Waals surface area contributed by atoms with Crippen molar-refractivity contribution in [2.24, 2.45) is 0 Å². The molecule has 1 aliphatic heterocycles. The summed E-state index contributed by atoms with van der Waals surface area (Å²) in [5.41, 5.74) is 3.08. The Morgan fingerprint density at radius 1 is 1.08 bits per heavy atom. The maximum Gasteiger partial charge on any atom is 0.269 e. The lowest BCUT2D eigenvalue weighted by Gasteiger charge is -2.28. The fourth-order valence-electron chi connectivity index (χ4n) is 4.24. The Morgan fingerprint density at radius 2 is 1.78 bits per heavy atom. The maximum atomic E-state index is 13.5. The predicted molar refractivity (Wildman–Crippen MR) is 139 cm³/mol. The Kier molecular flexibility index (Phi) is 6.38. The smallest absolute Gasteiger partial charge is 0.269 e. The summed E-state index contributed by atoms with van der Waals surface area (Å²) in [4.78, 5) is 29.0. The van der Waals surface area contributed by atoms with E-state index < -0.39 is 11.0 Å². The number of hydrogen-bond donors (Lipinski definition) is 2. The first-order valence-corrected chi connectivity index (χ1v) is 11.7. The molecule has 1 amide bonds. The summed E-state index contributed by atoms with van der Waals surface area (Å²) < 4.78 is 7.16. The lowest BCUT2D eigenvalue weighted by Crippen LogP contribution is -2.31. The number of ether oxygens (including phenoxy) is 1. The number of carbonyl (C=O) groups is 1. The minimum Gasteiger partial charge on any atom is -0.494 e. The number of benzene rings is 3. The number of non-ortho nitro benzene ring substituents is 1. The zero-order valence-electron chi connectivity index (χ0n) is 20.2. The van der Waals surface area contributed by atoms with Gasteiger partial charge in [-0.2, -0.15) is 4.98 Å². The van der Waals surface area contributed by atoms with E-state index >= 15 is 0 Å². The van der Waals surface area contributed by atoms with Crippen molar-refractivity contribution in [1.82, 2.24) is 14.8 Å². The van der Waals surface area contributed by atoms with Crippen LogP contribution in [-0.4, -0.2) is 32.2 Å². The summed E-state index contributed by atoms with van der Waals surface area (Å²) in [6.07, 6.45) is 0. The van der Waals surface area contributed by atoms with Gasteiger partial charge in [0.25, 0.3) is 11.6 Å². The number of nitro groups is 1. The summed E-state index contributed by atoms with van der Waals surface area (Å²) in [5.74, 6) is 1.36. The van der Waals surface area contributed by atoms with E-state index in [1.165, 1.54) is 12.1 Å². The minimum atomic E-state index is -0.662. The molecule has 2 N–H and O–H groups in total. The first kappa shape index (κ1) is 23.7. The van der Waals surface area contributed by atoms with E-state index in [1.807, 2.05) is 49.4 Å². The van der Waals surface area contributed by atoms with Gasteiger partial charge in [0.2, 0.25) is 5.95 Å². The van der Waals surface area contributed by atoms with Crippen molar-refractivity contribution < 1.29 is 14.5 Å². The topological polar surface area (TPSA) is 124 Å². The van der Waals surface area contributed by atoms with Gasteiger partial charge in [-0.25, -0.2) is 4.68 Å². The van der Waals surface area contributed by atoms with E-state index in [-0.39, 0.29) is 11.6 Å². The van der Waals surface area contributed by atoms with Crippen molar-refractivity contribution in [2.45, 2.75) is 19.9 Å². The van der Waals surface area contributed by atoms with E-state index in [0.29, 0.717) is 40.9 Å². The molecule has 5 rings (SSSR count). The molecular formula is C27H24N6O4. The SMILES string of the molecule is CCOc1ccc(-c2nc3n(n2)C(c2ccc([N+](=O)[O-])cc2)C(C(=O)Nc2ccccc2)=C(C)N3)cc1. The molecule has 1 unspecified atom stereocenters. The molecule has 0 bridgehead atoms. The number of amides is 1. The van der Waals surface area contributed by atoms with Crippen LogP contribution in [0.15, 0.2) is 90.1 Å². The Hall–Kier alpha value is -4.99. The van der Waals surface area contributed by atoms with Crippen LogP contribution in [0.4, 0.5) is 17.3 Å². The average molecular weight is 497 g/mol. The summed E-state index contributed by atoms with van der Waals surface area (Å²) in [6.45, 7) is 4.28. The number of fused-ring (bicyclic) bond motifs is 1. The predicted octanol–water partition coefficient (Wildman–Crippen LogP) is 5.18. The molecule has 4 aromatic rings. The summed E-state index contributed by atoms with van der Waals surface area (Å²) >= 11 is 0. The highest BCUT2D eigenvalue weighted by atomic mass is 16.6. The van der Waals surface area contributed by atoms with Gasteiger partial charge in [0, 0.05) is 29.1 Å². The van der Waals surface area contributed by atoms with Crippen molar-refractivity contribution in [3.05, 3.63) is 106 Å². The molecule has 186 valence electrons. The highest BCUT2D eigenvalue weighted by molar-refractivity contribution is 6.06. The third-order valence-corrected chi connectivity index (χ3v) is 5.97. The zero-order valence-corrected chi connectivity index (χ0v) is 20.2. The van der Waals surface area contributed by atoms with Crippen LogP contribution in [0, 0.1) is 10.1 Å². The molecule has 0 aliphatic carbocycles. The molecular weight excluding hydrogens is 472 g/mol. The van der Waals surface area contributed by atoms with E-state index in [1.54, 1.807) is 35.9 Å². The number of nitrogens with one attached hydrogen (secondary N) is 2. The number of nitrogens with zero attached hydrogens (tertiary/aromatic N) is 4. The zero-order chi connectivity index (χ0) is 25.9. The van der Waals surface area contributed by atoms with Crippen LogP contribution in [0.1, 0.15) is 25.5 Å². The van der Waals surface area contributed by atoms with Crippen molar-refractivity contribution in [3.63, 3.8) is 0 Å². The van der Waals surface area contributed by atoms with E-state index in [9.17, 15) is 14.9 Å². The van der Waals surface area contributed by atoms with Gasteiger partial charge >= 0.3 is 0 Å². The fourth-order valence-corrected chi connectivity index (χ4v) is 4.24. The second-order valence-electron chi connectivity index (χ2n) is 8.40. The van der Waals surface area contributed by atoms with Crippen LogP contribution < -0.4 is 15.4 Å². The normalized spacial score (nSPS) is 14.5. The summed E-state index contributed by atoms with van der Waals surface area (Å²) in [5, 5.41) is 22.1. The van der Waals surface area contributed by atoms with E-state index in [4.69, 9.17) is 9.84 Å². The average Bonchev–Trinajstić information content (AvgIpc) is 3.32. The van der Waals surface area contributed by atoms with Gasteiger partial charge in [0.15, 0.2) is 5.82 Å². The largest absolute Gasteiger partial charge is 0.494 e. The monoisotopic (exact) mass is 496 g/mol. The van der Waals surface area contributed by atoms with Crippen LogP contribution in [0.3, 0.4) is 0 Å². The minimum absolute atomic E-state index is 0.0393. The van der Waals surface area contributed by atoms with Crippen LogP contribution >= 0.6 is 0 Å². The molecule has 37 heavy (non-hydrogen) atoms. The second-order valence-corrected chi connectivity index (χ2v) is 8.40. The first-order valence-electron chi connectivity index (χ1n) is 11.7. The second kappa shape index (κ2) is 9.94. The van der Waals surface area contributed by atoms with Crippen LogP contribution in [0.2, 0.25) is 0 Å². The first-order chi connectivity index (χ1) is 17.9. The highest BCUT2D eigenvalue weighted by Crippen LogP contribution is 2.37. The lowest BCUT2D eigenvalue weighted by atomic mass is 9.95. The van der Waals surface area contributed by atoms with Crippen molar-refractivity contribution in [1.29, 1.82) is 0 Å². The Morgan fingerprint density at radius 3 is 2.43 bits per heavy atom. The number of hydrogen-bond acceptors (Lipinski definition) is 7. The molecule has 1 aromatic heterocycles. The van der Waals surface area contributed by atoms with Crippen LogP contribution in [0.25, 0.3) is 11.4 Å². The molecule has 3 aromatic carbocycles.